The van der Waals surface area contributed by atoms with Gasteiger partial charge in [-0.3, -0.25) is 0 Å². The minimum atomic E-state index is 0.863. The molecule has 0 heterocycles. The van der Waals surface area contributed by atoms with Gasteiger partial charge < -0.3 is 0 Å². The van der Waals surface area contributed by atoms with Crippen molar-refractivity contribution in [1.82, 2.24) is 0 Å². The van der Waals surface area contributed by atoms with Crippen molar-refractivity contribution in [2.24, 2.45) is 0 Å². The molecule has 0 unspecified atom stereocenters. The lowest BCUT2D eigenvalue weighted by molar-refractivity contribution is 1.18. The monoisotopic (exact) mass is 119 g/mol. The van der Waals surface area contributed by atoms with Crippen LogP contribution in [0, 0.1) is 11.3 Å². The number of allylic oxidation sites excluding steroid dienone is 4. The average molecular weight is 119 g/mol. The quantitative estimate of drug-likeness (QED) is 0.479. The largest absolute Gasteiger partial charge is 0.193 e. The van der Waals surface area contributed by atoms with Gasteiger partial charge in [0.15, 0.2) is 0 Å². The molecule has 1 nitrogen and oxygen atoms in total. The molecule has 46 valence electrons. The summed E-state index contributed by atoms with van der Waals surface area (Å²) in [5.74, 6) is 0. The maximum atomic E-state index is 8.46. The van der Waals surface area contributed by atoms with E-state index in [1.54, 1.807) is 0 Å². The van der Waals surface area contributed by atoms with Crippen LogP contribution in [0.25, 0.3) is 0 Å². The Balaban J connectivity index is 2.82. The maximum absolute atomic E-state index is 8.46. The van der Waals surface area contributed by atoms with Crippen LogP contribution in [0.5, 0.6) is 0 Å². The van der Waals surface area contributed by atoms with Crippen molar-refractivity contribution >= 4 is 0 Å². The number of nitrogens with zero attached hydrogens (tertiary/aromatic N) is 1. The van der Waals surface area contributed by atoms with E-state index in [0.29, 0.717) is 0 Å². The first kappa shape index (κ1) is 6.10. The number of hydrogen-bond acceptors (Lipinski definition) is 1. The molecule has 0 saturated heterocycles. The third-order valence-electron chi connectivity index (χ3n) is 1.66. The van der Waals surface area contributed by atoms with Gasteiger partial charge in [-0.05, 0) is 19.9 Å². The van der Waals surface area contributed by atoms with Gasteiger partial charge in [0, 0.05) is 12.0 Å². The first-order valence-corrected chi connectivity index (χ1v) is 3.01. The van der Waals surface area contributed by atoms with Crippen LogP contribution in [0.2, 0.25) is 0 Å². The van der Waals surface area contributed by atoms with Gasteiger partial charge in [-0.15, -0.1) is 0 Å². The average Bonchev–Trinajstić information content (AvgIpc) is 2.13. The summed E-state index contributed by atoms with van der Waals surface area (Å²) >= 11 is 0. The molecule has 0 atom stereocenters. The van der Waals surface area contributed by atoms with Crippen molar-refractivity contribution in [2.75, 3.05) is 0 Å². The topological polar surface area (TPSA) is 23.8 Å². The molecule has 9 heavy (non-hydrogen) atoms. The second-order valence-electron chi connectivity index (χ2n) is 2.42. The molecule has 0 spiro atoms. The van der Waals surface area contributed by atoms with Crippen LogP contribution >= 0.6 is 0 Å². The number of nitriles is 1. The molecule has 1 rings (SSSR count). The third-order valence-corrected chi connectivity index (χ3v) is 1.66. The van der Waals surface area contributed by atoms with Gasteiger partial charge in [0.25, 0.3) is 0 Å². The molecule has 1 heteroatoms. The van der Waals surface area contributed by atoms with Gasteiger partial charge in [0.2, 0.25) is 0 Å². The maximum Gasteiger partial charge on any atom is 0.0950 e. The van der Waals surface area contributed by atoms with Gasteiger partial charge >= 0.3 is 0 Å². The lowest BCUT2D eigenvalue weighted by atomic mass is 10.2. The van der Waals surface area contributed by atoms with E-state index >= 15 is 0 Å². The first-order valence-electron chi connectivity index (χ1n) is 3.01. The summed E-state index contributed by atoms with van der Waals surface area (Å²) in [7, 11) is 0. The van der Waals surface area contributed by atoms with Crippen molar-refractivity contribution in [3.63, 3.8) is 0 Å². The second kappa shape index (κ2) is 2.06. The second-order valence-corrected chi connectivity index (χ2v) is 2.42. The van der Waals surface area contributed by atoms with E-state index in [1.165, 1.54) is 11.1 Å². The predicted octanol–water partition coefficient (Wildman–Crippen LogP) is 2.18. The fraction of sp³-hybridized carbons (Fsp3) is 0.375. The van der Waals surface area contributed by atoms with Crippen LogP contribution in [-0.4, -0.2) is 0 Å². The zero-order valence-electron chi connectivity index (χ0n) is 5.73. The van der Waals surface area contributed by atoms with E-state index in [1.807, 2.05) is 13.0 Å². The van der Waals surface area contributed by atoms with Crippen LogP contribution in [0.4, 0.5) is 0 Å². The molecule has 0 saturated carbocycles. The molecular weight excluding hydrogens is 110 g/mol. The predicted molar refractivity (Wildman–Crippen MR) is 36.7 cm³/mol. The van der Waals surface area contributed by atoms with E-state index in [-0.39, 0.29) is 0 Å². The standard InChI is InChI=1S/C8H9N/c1-6-3-8(5-9)4-7(6)2/h3H,4H2,1-2H3. The Morgan fingerprint density at radius 2 is 2.22 bits per heavy atom. The van der Waals surface area contributed by atoms with Crippen molar-refractivity contribution in [3.8, 4) is 6.07 Å². The summed E-state index contributed by atoms with van der Waals surface area (Å²) < 4.78 is 0. The summed E-state index contributed by atoms with van der Waals surface area (Å²) in [5.41, 5.74) is 3.48. The van der Waals surface area contributed by atoms with Crippen molar-refractivity contribution in [2.45, 2.75) is 20.3 Å². The van der Waals surface area contributed by atoms with Gasteiger partial charge in [0.05, 0.1) is 6.07 Å². The molecule has 0 bridgehead atoms. The molecule has 1 aliphatic carbocycles. The molecule has 0 fully saturated rings. The van der Waals surface area contributed by atoms with Crippen LogP contribution in [-0.2, 0) is 0 Å². The zero-order valence-corrected chi connectivity index (χ0v) is 5.73. The molecule has 0 aliphatic heterocycles. The van der Waals surface area contributed by atoms with Crippen LogP contribution in [0.3, 0.4) is 0 Å². The fourth-order valence-electron chi connectivity index (χ4n) is 0.932. The van der Waals surface area contributed by atoms with Gasteiger partial charge in [-0.25, -0.2) is 0 Å². The lowest BCUT2D eigenvalue weighted by Crippen LogP contribution is -1.72. The van der Waals surface area contributed by atoms with Crippen LogP contribution in [0.1, 0.15) is 20.3 Å². The van der Waals surface area contributed by atoms with E-state index in [4.69, 9.17) is 5.26 Å². The minimum absolute atomic E-state index is 0.863. The SMILES string of the molecule is CC1=C(C)CC(C#N)=C1. The number of rotatable bonds is 0. The summed E-state index contributed by atoms with van der Waals surface area (Å²) in [6, 6.07) is 2.14. The van der Waals surface area contributed by atoms with Crippen LogP contribution in [0.15, 0.2) is 22.8 Å². The highest BCUT2D eigenvalue weighted by atomic mass is 14.3. The summed E-state index contributed by atoms with van der Waals surface area (Å²) in [6.07, 6.45) is 2.82. The van der Waals surface area contributed by atoms with E-state index in [2.05, 4.69) is 13.0 Å². The Morgan fingerprint density at radius 3 is 2.44 bits per heavy atom. The molecule has 0 amide bonds. The van der Waals surface area contributed by atoms with Gasteiger partial charge in [-0.2, -0.15) is 5.26 Å². The fourth-order valence-corrected chi connectivity index (χ4v) is 0.932. The highest BCUT2D eigenvalue weighted by molar-refractivity contribution is 5.42. The Hall–Kier alpha value is -1.03. The number of hydrogen-bond donors (Lipinski definition) is 0. The van der Waals surface area contributed by atoms with Crippen molar-refractivity contribution < 1.29 is 0 Å². The van der Waals surface area contributed by atoms with Crippen molar-refractivity contribution in [1.29, 1.82) is 5.26 Å². The molecule has 0 aromatic carbocycles. The van der Waals surface area contributed by atoms with Crippen molar-refractivity contribution in [3.05, 3.63) is 22.8 Å². The van der Waals surface area contributed by atoms with E-state index in [0.717, 1.165) is 12.0 Å². The molecular formula is C8H9N. The summed E-state index contributed by atoms with van der Waals surface area (Å²) in [6.45, 7) is 4.11. The lowest BCUT2D eigenvalue weighted by Gasteiger charge is -1.88. The Kier molecular flexibility index (Phi) is 1.40. The van der Waals surface area contributed by atoms with Crippen LogP contribution < -0.4 is 0 Å². The smallest absolute Gasteiger partial charge is 0.0950 e. The van der Waals surface area contributed by atoms with Gasteiger partial charge in [0.1, 0.15) is 0 Å². The first-order chi connectivity index (χ1) is 4.24. The highest BCUT2D eigenvalue weighted by Gasteiger charge is 2.06. The minimum Gasteiger partial charge on any atom is -0.193 e. The Labute approximate surface area is 55.3 Å². The Morgan fingerprint density at radius 1 is 1.56 bits per heavy atom. The molecule has 0 N–H and O–H groups in total. The van der Waals surface area contributed by atoms with E-state index in [9.17, 15) is 0 Å². The molecule has 0 aromatic rings. The van der Waals surface area contributed by atoms with Gasteiger partial charge in [-0.1, -0.05) is 11.1 Å². The molecule has 0 aromatic heterocycles. The third kappa shape index (κ3) is 1.02. The molecule has 1 aliphatic rings. The summed E-state index contributed by atoms with van der Waals surface area (Å²) in [5, 5.41) is 8.46. The summed E-state index contributed by atoms with van der Waals surface area (Å²) in [4.78, 5) is 0. The highest BCUT2D eigenvalue weighted by Crippen LogP contribution is 2.23. The Bertz CT molecular complexity index is 225. The molecule has 0 radical (unpaired) electrons. The normalized spacial score (nSPS) is 17.7. The van der Waals surface area contributed by atoms with E-state index < -0.39 is 0 Å². The zero-order chi connectivity index (χ0) is 6.85.